The van der Waals surface area contributed by atoms with Crippen molar-refractivity contribution in [3.63, 3.8) is 0 Å². The number of likely N-dealkylation sites (tertiary alicyclic amines) is 3. The number of ether oxygens (including phenoxy) is 2. The molecule has 3 heterocycles. The van der Waals surface area contributed by atoms with Crippen LogP contribution < -0.4 is 10.1 Å². The molecule has 0 unspecified atom stereocenters. The molecule has 3 aliphatic rings. The van der Waals surface area contributed by atoms with Gasteiger partial charge in [-0.3, -0.25) is 19.4 Å². The van der Waals surface area contributed by atoms with Crippen LogP contribution >= 0.6 is 0 Å². The molecule has 1 N–H and O–H groups in total. The van der Waals surface area contributed by atoms with Crippen LogP contribution in [0.3, 0.4) is 0 Å². The van der Waals surface area contributed by atoms with E-state index >= 15 is 0 Å². The second-order valence-electron chi connectivity index (χ2n) is 12.8. The molecule has 0 bridgehead atoms. The number of fused-ring (bicyclic) bond motifs is 1. The summed E-state index contributed by atoms with van der Waals surface area (Å²) in [5.74, 6) is 0.305. The van der Waals surface area contributed by atoms with E-state index in [9.17, 15) is 14.4 Å². The molecule has 3 atom stereocenters. The lowest BCUT2D eigenvalue weighted by atomic mass is 9.75. The Bertz CT molecular complexity index is 1260. The molecule has 226 valence electrons. The summed E-state index contributed by atoms with van der Waals surface area (Å²) in [6.45, 7) is 12.0. The van der Waals surface area contributed by atoms with Gasteiger partial charge in [-0.25, -0.2) is 4.79 Å². The summed E-state index contributed by atoms with van der Waals surface area (Å²) in [5.41, 5.74) is 0.198. The number of nitrogens with zero attached hydrogens (tertiary/aromatic N) is 3. The molecule has 42 heavy (non-hydrogen) atoms. The summed E-state index contributed by atoms with van der Waals surface area (Å²) in [7, 11) is 0. The highest BCUT2D eigenvalue weighted by molar-refractivity contribution is 5.94. The topological polar surface area (TPSA) is 91.4 Å². The van der Waals surface area contributed by atoms with Crippen LogP contribution in [-0.4, -0.2) is 89.6 Å². The first-order chi connectivity index (χ1) is 20.0. The lowest BCUT2D eigenvalue weighted by Gasteiger charge is -2.45. The molecule has 2 aromatic carbocycles. The van der Waals surface area contributed by atoms with E-state index in [2.05, 4.69) is 10.2 Å². The summed E-state index contributed by atoms with van der Waals surface area (Å²) in [6.07, 6.45) is 2.62. The fraction of sp³-hybridized carbons (Fsp3) is 0.545. The van der Waals surface area contributed by atoms with Gasteiger partial charge in [-0.05, 0) is 83.0 Å². The van der Waals surface area contributed by atoms with Crippen LogP contribution in [0, 0.1) is 5.92 Å². The van der Waals surface area contributed by atoms with Gasteiger partial charge in [0.15, 0.2) is 0 Å². The Morgan fingerprint density at radius 3 is 2.31 bits per heavy atom. The van der Waals surface area contributed by atoms with Gasteiger partial charge in [0.05, 0.1) is 11.6 Å². The number of nitrogens with one attached hydrogen (secondary N) is 1. The van der Waals surface area contributed by atoms with Crippen molar-refractivity contribution < 1.29 is 23.9 Å². The molecule has 3 amide bonds. The minimum atomic E-state index is -0.674. The maximum atomic E-state index is 13.7. The van der Waals surface area contributed by atoms with Crippen molar-refractivity contribution >= 4 is 17.9 Å². The van der Waals surface area contributed by atoms with Crippen LogP contribution in [0.25, 0.3) is 0 Å². The number of hydrogen-bond donors (Lipinski definition) is 1. The zero-order valence-corrected chi connectivity index (χ0v) is 25.3. The van der Waals surface area contributed by atoms with Gasteiger partial charge in [-0.2, -0.15) is 0 Å². The average molecular weight is 577 g/mol. The first-order valence-corrected chi connectivity index (χ1v) is 15.1. The number of carbonyl (C=O) groups is 3. The molecule has 9 nitrogen and oxygen atoms in total. The third-order valence-corrected chi connectivity index (χ3v) is 8.58. The summed E-state index contributed by atoms with van der Waals surface area (Å²) in [4.78, 5) is 45.7. The number of benzene rings is 2. The zero-order chi connectivity index (χ0) is 29.9. The Hall–Kier alpha value is -3.59. The lowest BCUT2D eigenvalue weighted by Crippen LogP contribution is -2.61. The Labute approximate surface area is 249 Å². The van der Waals surface area contributed by atoms with E-state index in [-0.39, 0.29) is 23.8 Å². The molecule has 0 saturated carbocycles. The highest BCUT2D eigenvalue weighted by atomic mass is 16.6. The van der Waals surface area contributed by atoms with Crippen LogP contribution in [-0.2, 0) is 9.53 Å². The number of rotatable bonds is 7. The van der Waals surface area contributed by atoms with Crippen LogP contribution in [0.4, 0.5) is 4.79 Å². The molecule has 3 fully saturated rings. The quantitative estimate of drug-likeness (QED) is 0.522. The van der Waals surface area contributed by atoms with E-state index in [4.69, 9.17) is 9.47 Å². The Kier molecular flexibility index (Phi) is 8.78. The first kappa shape index (κ1) is 29.9. The van der Waals surface area contributed by atoms with Crippen LogP contribution in [0.5, 0.6) is 5.75 Å². The van der Waals surface area contributed by atoms with Crippen LogP contribution in [0.2, 0.25) is 0 Å². The van der Waals surface area contributed by atoms with Crippen molar-refractivity contribution in [2.24, 2.45) is 5.92 Å². The molecule has 9 heteroatoms. The Morgan fingerprint density at radius 1 is 0.976 bits per heavy atom. The molecule has 2 aromatic rings. The Balaban J connectivity index is 1.35. The van der Waals surface area contributed by atoms with E-state index in [1.165, 1.54) is 19.8 Å². The van der Waals surface area contributed by atoms with E-state index in [1.54, 1.807) is 4.90 Å². The monoisotopic (exact) mass is 576 g/mol. The first-order valence-electron chi connectivity index (χ1n) is 15.1. The third-order valence-electron chi connectivity index (χ3n) is 8.58. The minimum Gasteiger partial charge on any atom is -0.492 e. The largest absolute Gasteiger partial charge is 0.492 e. The van der Waals surface area contributed by atoms with Crippen LogP contribution in [0.15, 0.2) is 54.6 Å². The van der Waals surface area contributed by atoms with Gasteiger partial charge < -0.3 is 19.7 Å². The van der Waals surface area contributed by atoms with Crippen molar-refractivity contribution in [1.82, 2.24) is 20.0 Å². The third kappa shape index (κ3) is 6.72. The summed E-state index contributed by atoms with van der Waals surface area (Å²) >= 11 is 0. The summed E-state index contributed by atoms with van der Waals surface area (Å²) < 4.78 is 11.8. The van der Waals surface area contributed by atoms with E-state index in [0.717, 1.165) is 30.9 Å². The highest BCUT2D eigenvalue weighted by Crippen LogP contribution is 2.48. The molecule has 3 saturated heterocycles. The van der Waals surface area contributed by atoms with Gasteiger partial charge in [0, 0.05) is 44.6 Å². The predicted octanol–water partition coefficient (Wildman–Crippen LogP) is 4.49. The molecule has 3 aliphatic heterocycles. The van der Waals surface area contributed by atoms with Gasteiger partial charge in [0.25, 0.3) is 5.91 Å². The molecule has 5 rings (SSSR count). The predicted molar refractivity (Wildman–Crippen MR) is 160 cm³/mol. The van der Waals surface area contributed by atoms with Crippen molar-refractivity contribution in [3.8, 4) is 5.75 Å². The maximum Gasteiger partial charge on any atom is 0.410 e. The smallest absolute Gasteiger partial charge is 0.410 e. The Morgan fingerprint density at radius 2 is 1.67 bits per heavy atom. The number of amides is 3. The summed E-state index contributed by atoms with van der Waals surface area (Å²) in [5, 5.41) is 3.20. The molecule has 0 aromatic heterocycles. The maximum absolute atomic E-state index is 13.7. The SMILES string of the molecule is CC(=O)N[C@@]12CCN(C(=O)c3ccc(OCCN4CCCC4)cc3)C[C@@H]1[C@@H](c1ccccc1)N(C(=O)OC(C)(C)C)C2. The van der Waals surface area contributed by atoms with Crippen molar-refractivity contribution in [2.75, 3.05) is 45.9 Å². The molecular formula is C33H44N4O5. The van der Waals surface area contributed by atoms with Gasteiger partial charge in [0.1, 0.15) is 18.0 Å². The van der Waals surface area contributed by atoms with E-state index in [0.29, 0.717) is 38.2 Å². The summed E-state index contributed by atoms with van der Waals surface area (Å²) in [6, 6.07) is 16.8. The second-order valence-corrected chi connectivity index (χ2v) is 12.8. The average Bonchev–Trinajstić information content (AvgIpc) is 3.58. The molecule has 0 aliphatic carbocycles. The lowest BCUT2D eigenvalue weighted by molar-refractivity contribution is -0.121. The molecule has 0 spiro atoms. The van der Waals surface area contributed by atoms with Crippen LogP contribution in [0.1, 0.15) is 68.9 Å². The number of piperidine rings is 1. The molecule has 0 radical (unpaired) electrons. The van der Waals surface area contributed by atoms with Gasteiger partial charge in [0.2, 0.25) is 5.91 Å². The van der Waals surface area contributed by atoms with E-state index < -0.39 is 17.2 Å². The zero-order valence-electron chi connectivity index (χ0n) is 25.3. The van der Waals surface area contributed by atoms with E-state index in [1.807, 2.05) is 80.3 Å². The van der Waals surface area contributed by atoms with Gasteiger partial charge in [-0.1, -0.05) is 30.3 Å². The second kappa shape index (κ2) is 12.3. The van der Waals surface area contributed by atoms with Crippen molar-refractivity contribution in [2.45, 2.75) is 64.1 Å². The standard InChI is InChI=1S/C33H44N4O5/c1-24(38)34-33-16-19-36(30(39)26-12-14-27(15-13-26)41-21-20-35-17-8-9-18-35)22-28(33)29(25-10-6-5-7-11-25)37(23-33)31(40)42-32(2,3)4/h5-7,10-15,28-29H,8-9,16-23H2,1-4H3,(H,34,38)/t28-,29-,33-/m1/s1. The number of hydrogen-bond acceptors (Lipinski definition) is 6. The van der Waals surface area contributed by atoms with Crippen molar-refractivity contribution in [3.05, 3.63) is 65.7 Å². The fourth-order valence-corrected chi connectivity index (χ4v) is 6.71. The van der Waals surface area contributed by atoms with Gasteiger partial charge >= 0.3 is 6.09 Å². The minimum absolute atomic E-state index is 0.0717. The molecular weight excluding hydrogens is 532 g/mol. The van der Waals surface area contributed by atoms with Crippen molar-refractivity contribution in [1.29, 1.82) is 0 Å². The normalized spacial score (nSPS) is 24.3. The number of carbonyl (C=O) groups excluding carboxylic acids is 3. The highest BCUT2D eigenvalue weighted by Gasteiger charge is 2.58. The van der Waals surface area contributed by atoms with Gasteiger partial charge in [-0.15, -0.1) is 0 Å². The fourth-order valence-electron chi connectivity index (χ4n) is 6.71.